The van der Waals surface area contributed by atoms with Gasteiger partial charge in [-0.1, -0.05) is 12.1 Å². The maximum absolute atomic E-state index is 13.3. The van der Waals surface area contributed by atoms with Crippen LogP contribution in [0.4, 0.5) is 15.8 Å². The lowest BCUT2D eigenvalue weighted by Gasteiger charge is -2.11. The summed E-state index contributed by atoms with van der Waals surface area (Å²) in [5, 5.41) is 14.4. The minimum absolute atomic E-state index is 0.0354. The van der Waals surface area contributed by atoms with Crippen LogP contribution in [0.15, 0.2) is 29.7 Å². The summed E-state index contributed by atoms with van der Waals surface area (Å²) >= 11 is 0. The molecule has 1 unspecified atom stereocenters. The van der Waals surface area contributed by atoms with Crippen molar-refractivity contribution in [2.75, 3.05) is 11.1 Å². The van der Waals surface area contributed by atoms with Crippen molar-refractivity contribution in [3.8, 4) is 0 Å². The zero-order chi connectivity index (χ0) is 13.3. The van der Waals surface area contributed by atoms with Crippen LogP contribution in [0.1, 0.15) is 0 Å². The quantitative estimate of drug-likeness (QED) is 0.664. The van der Waals surface area contributed by atoms with Gasteiger partial charge in [-0.3, -0.25) is 10.1 Å². The summed E-state index contributed by atoms with van der Waals surface area (Å²) in [6.45, 7) is 0. The predicted molar refractivity (Wildman–Crippen MR) is 63.4 cm³/mol. The molecular weight excluding hydrogens is 263 g/mol. The number of hydrogen-bond acceptors (Lipinski definition) is 5. The van der Waals surface area contributed by atoms with Crippen LogP contribution in [0.2, 0.25) is 0 Å². The SMILES string of the molecule is O=[N+]([O-])c1c(F)cccc1NC1C=CS(=O)(=O)C1. The molecule has 1 N–H and O–H groups in total. The number of sulfone groups is 1. The van der Waals surface area contributed by atoms with Gasteiger partial charge in [-0.15, -0.1) is 0 Å². The van der Waals surface area contributed by atoms with E-state index in [2.05, 4.69) is 5.32 Å². The zero-order valence-electron chi connectivity index (χ0n) is 9.04. The second kappa shape index (κ2) is 4.37. The Balaban J connectivity index is 2.28. The highest BCUT2D eigenvalue weighted by Crippen LogP contribution is 2.28. The number of benzene rings is 1. The number of anilines is 1. The van der Waals surface area contributed by atoms with Gasteiger partial charge in [0.15, 0.2) is 9.84 Å². The van der Waals surface area contributed by atoms with E-state index in [1.54, 1.807) is 0 Å². The van der Waals surface area contributed by atoms with Gasteiger partial charge in [0.1, 0.15) is 5.69 Å². The molecule has 0 aliphatic carbocycles. The minimum atomic E-state index is -3.27. The number of nitrogens with one attached hydrogen (secondary N) is 1. The largest absolute Gasteiger partial charge is 0.372 e. The van der Waals surface area contributed by atoms with Crippen LogP contribution in [0.25, 0.3) is 0 Å². The molecule has 0 amide bonds. The van der Waals surface area contributed by atoms with Crippen molar-refractivity contribution in [3.05, 3.63) is 45.6 Å². The van der Waals surface area contributed by atoms with Gasteiger partial charge < -0.3 is 5.32 Å². The highest BCUT2D eigenvalue weighted by Gasteiger charge is 2.26. The van der Waals surface area contributed by atoms with E-state index in [9.17, 15) is 22.9 Å². The normalized spacial score (nSPS) is 20.8. The van der Waals surface area contributed by atoms with Crippen LogP contribution in [0.3, 0.4) is 0 Å². The van der Waals surface area contributed by atoms with Crippen molar-refractivity contribution < 1.29 is 17.7 Å². The van der Waals surface area contributed by atoms with Gasteiger partial charge in [0.25, 0.3) is 0 Å². The van der Waals surface area contributed by atoms with Crippen molar-refractivity contribution in [1.82, 2.24) is 0 Å². The second-order valence-electron chi connectivity index (χ2n) is 3.80. The number of hydrogen-bond donors (Lipinski definition) is 1. The van der Waals surface area contributed by atoms with E-state index >= 15 is 0 Å². The molecule has 0 bridgehead atoms. The lowest BCUT2D eigenvalue weighted by atomic mass is 10.2. The Labute approximate surface area is 102 Å². The molecule has 1 aliphatic rings. The number of nitro groups is 1. The molecule has 1 atom stereocenters. The molecule has 8 heteroatoms. The van der Waals surface area contributed by atoms with Gasteiger partial charge in [-0.2, -0.15) is 4.39 Å². The first kappa shape index (κ1) is 12.5. The molecule has 1 heterocycles. The Hall–Kier alpha value is -1.96. The fourth-order valence-electron chi connectivity index (χ4n) is 1.68. The summed E-state index contributed by atoms with van der Waals surface area (Å²) < 4.78 is 35.7. The van der Waals surface area contributed by atoms with Crippen LogP contribution in [0, 0.1) is 15.9 Å². The van der Waals surface area contributed by atoms with Gasteiger partial charge in [-0.25, -0.2) is 8.42 Å². The van der Waals surface area contributed by atoms with Crippen molar-refractivity contribution in [1.29, 1.82) is 0 Å². The van der Waals surface area contributed by atoms with E-state index in [4.69, 9.17) is 0 Å². The van der Waals surface area contributed by atoms with E-state index in [1.165, 1.54) is 18.2 Å². The fourth-order valence-corrected chi connectivity index (χ4v) is 2.92. The number of nitrogens with zero attached hydrogens (tertiary/aromatic N) is 1. The van der Waals surface area contributed by atoms with E-state index in [-0.39, 0.29) is 11.4 Å². The first-order valence-corrected chi connectivity index (χ1v) is 6.71. The molecule has 0 radical (unpaired) electrons. The molecule has 0 aromatic heterocycles. The van der Waals surface area contributed by atoms with Crippen molar-refractivity contribution in [3.63, 3.8) is 0 Å². The van der Waals surface area contributed by atoms with Gasteiger partial charge in [0.05, 0.1) is 16.7 Å². The molecule has 18 heavy (non-hydrogen) atoms. The molecule has 0 fully saturated rings. The topological polar surface area (TPSA) is 89.3 Å². The highest BCUT2D eigenvalue weighted by atomic mass is 32.2. The molecule has 0 saturated carbocycles. The first-order valence-electron chi connectivity index (χ1n) is 4.99. The molecule has 0 saturated heterocycles. The summed E-state index contributed by atoms with van der Waals surface area (Å²) in [6.07, 6.45) is 1.38. The third-order valence-electron chi connectivity index (χ3n) is 2.44. The smallest absolute Gasteiger partial charge is 0.327 e. The number of rotatable bonds is 3. The second-order valence-corrected chi connectivity index (χ2v) is 5.73. The maximum Gasteiger partial charge on any atom is 0.327 e. The summed E-state index contributed by atoms with van der Waals surface area (Å²) in [5.41, 5.74) is -0.720. The molecule has 0 spiro atoms. The lowest BCUT2D eigenvalue weighted by molar-refractivity contribution is -0.386. The average molecular weight is 272 g/mol. The van der Waals surface area contributed by atoms with Gasteiger partial charge >= 0.3 is 5.69 Å². The summed E-state index contributed by atoms with van der Waals surface area (Å²) in [7, 11) is -3.27. The Morgan fingerprint density at radius 1 is 1.44 bits per heavy atom. The average Bonchev–Trinajstić information content (AvgIpc) is 2.57. The molecule has 96 valence electrons. The monoisotopic (exact) mass is 272 g/mol. The third-order valence-corrected chi connectivity index (χ3v) is 3.84. The van der Waals surface area contributed by atoms with Gasteiger partial charge in [0, 0.05) is 5.41 Å². The summed E-state index contributed by atoms with van der Waals surface area (Å²) in [5.74, 6) is -1.16. The molecule has 1 aromatic carbocycles. The standard InChI is InChI=1S/C10H9FN2O4S/c11-8-2-1-3-9(10(8)13(14)15)12-7-4-5-18(16,17)6-7/h1-5,7,12H,6H2. The van der Waals surface area contributed by atoms with E-state index < -0.39 is 32.3 Å². The highest BCUT2D eigenvalue weighted by molar-refractivity contribution is 7.94. The van der Waals surface area contributed by atoms with Crippen molar-refractivity contribution in [2.24, 2.45) is 0 Å². The number of nitro benzene ring substituents is 1. The van der Waals surface area contributed by atoms with E-state index in [0.717, 1.165) is 11.5 Å². The molecule has 1 aliphatic heterocycles. The van der Waals surface area contributed by atoms with Crippen LogP contribution < -0.4 is 5.32 Å². The Morgan fingerprint density at radius 2 is 2.17 bits per heavy atom. The molecule has 6 nitrogen and oxygen atoms in total. The predicted octanol–water partition coefficient (Wildman–Crippen LogP) is 1.46. The fraction of sp³-hybridized carbons (Fsp3) is 0.200. The first-order chi connectivity index (χ1) is 8.39. The van der Waals surface area contributed by atoms with Crippen LogP contribution in [-0.4, -0.2) is 25.1 Å². The molecule has 2 rings (SSSR count). The Bertz CT molecular complexity index is 627. The number of para-hydroxylation sites is 1. The van der Waals surface area contributed by atoms with Crippen LogP contribution >= 0.6 is 0 Å². The third kappa shape index (κ3) is 2.48. The van der Waals surface area contributed by atoms with Gasteiger partial charge in [-0.05, 0) is 12.1 Å². The van der Waals surface area contributed by atoms with E-state index in [0.29, 0.717) is 0 Å². The summed E-state index contributed by atoms with van der Waals surface area (Å²) in [6, 6.07) is 3.04. The zero-order valence-corrected chi connectivity index (χ0v) is 9.85. The Morgan fingerprint density at radius 3 is 2.72 bits per heavy atom. The van der Waals surface area contributed by atoms with Crippen LogP contribution in [-0.2, 0) is 9.84 Å². The maximum atomic E-state index is 13.3. The van der Waals surface area contributed by atoms with Crippen molar-refractivity contribution in [2.45, 2.75) is 6.04 Å². The molecular formula is C10H9FN2O4S. The number of halogens is 1. The Kier molecular flexibility index (Phi) is 3.04. The van der Waals surface area contributed by atoms with Crippen molar-refractivity contribution >= 4 is 21.2 Å². The van der Waals surface area contributed by atoms with Gasteiger partial charge in [0.2, 0.25) is 5.82 Å². The molecule has 1 aromatic rings. The summed E-state index contributed by atoms with van der Waals surface area (Å²) in [4.78, 5) is 9.89. The lowest BCUT2D eigenvalue weighted by Crippen LogP contribution is -2.21. The minimum Gasteiger partial charge on any atom is -0.372 e. The van der Waals surface area contributed by atoms with E-state index in [1.807, 2.05) is 0 Å². The van der Waals surface area contributed by atoms with Crippen LogP contribution in [0.5, 0.6) is 0 Å².